The van der Waals surface area contributed by atoms with E-state index in [0.29, 0.717) is 24.1 Å². The lowest BCUT2D eigenvalue weighted by Crippen LogP contribution is -2.59. The third-order valence-electron chi connectivity index (χ3n) is 8.32. The van der Waals surface area contributed by atoms with Gasteiger partial charge in [-0.3, -0.25) is 9.80 Å². The maximum atomic E-state index is 12.1. The summed E-state index contributed by atoms with van der Waals surface area (Å²) in [6, 6.07) is 6.34. The highest BCUT2D eigenvalue weighted by atomic mass is 16.4. The van der Waals surface area contributed by atoms with Gasteiger partial charge in [-0.1, -0.05) is 18.1 Å². The van der Waals surface area contributed by atoms with E-state index in [1.165, 1.54) is 51.3 Å². The van der Waals surface area contributed by atoms with Crippen molar-refractivity contribution in [2.45, 2.75) is 64.1 Å². The van der Waals surface area contributed by atoms with Crippen LogP contribution >= 0.6 is 0 Å². The fraction of sp³-hybridized carbons (Fsp3) is 0.577. The third kappa shape index (κ3) is 3.25. The Bertz CT molecular complexity index is 1100. The van der Waals surface area contributed by atoms with Crippen molar-refractivity contribution >= 4 is 11.0 Å². The van der Waals surface area contributed by atoms with E-state index in [0.717, 1.165) is 41.4 Å². The topological polar surface area (TPSA) is 56.9 Å². The second-order valence-electron chi connectivity index (χ2n) is 10.2. The number of hydrogen-bond acceptors (Lipinski definition) is 5. The van der Waals surface area contributed by atoms with Gasteiger partial charge in [0, 0.05) is 36.6 Å². The molecule has 1 N–H and O–H groups in total. The lowest BCUT2D eigenvalue weighted by Gasteiger charge is -2.54. The van der Waals surface area contributed by atoms with E-state index in [2.05, 4.69) is 15.9 Å². The van der Waals surface area contributed by atoms with Gasteiger partial charge in [0.25, 0.3) is 0 Å². The first-order valence-electron chi connectivity index (χ1n) is 12.0. The van der Waals surface area contributed by atoms with Crippen molar-refractivity contribution in [3.63, 3.8) is 0 Å². The summed E-state index contributed by atoms with van der Waals surface area (Å²) >= 11 is 0. The number of benzene rings is 1. The van der Waals surface area contributed by atoms with Gasteiger partial charge < -0.3 is 9.52 Å². The van der Waals surface area contributed by atoms with Crippen LogP contribution in [0.4, 0.5) is 0 Å². The van der Waals surface area contributed by atoms with Gasteiger partial charge in [0.1, 0.15) is 11.3 Å². The molecule has 1 aromatic heterocycles. The van der Waals surface area contributed by atoms with Crippen LogP contribution in [-0.2, 0) is 6.54 Å². The molecule has 3 fully saturated rings. The van der Waals surface area contributed by atoms with Crippen LogP contribution in [0, 0.1) is 18.8 Å². The summed E-state index contributed by atoms with van der Waals surface area (Å²) in [7, 11) is 0. The van der Waals surface area contributed by atoms with E-state index in [1.807, 2.05) is 13.0 Å². The van der Waals surface area contributed by atoms with Gasteiger partial charge in [0.05, 0.1) is 5.56 Å². The van der Waals surface area contributed by atoms with Gasteiger partial charge >= 0.3 is 5.63 Å². The fourth-order valence-corrected chi connectivity index (χ4v) is 7.05. The smallest absolute Gasteiger partial charge is 0.336 e. The molecule has 1 aliphatic carbocycles. The van der Waals surface area contributed by atoms with Crippen LogP contribution in [0.15, 0.2) is 39.1 Å². The zero-order chi connectivity index (χ0) is 21.1. The summed E-state index contributed by atoms with van der Waals surface area (Å²) < 4.78 is 5.62. The van der Waals surface area contributed by atoms with Gasteiger partial charge in [0.15, 0.2) is 0 Å². The van der Waals surface area contributed by atoms with Crippen molar-refractivity contribution in [2.24, 2.45) is 11.8 Å². The van der Waals surface area contributed by atoms with E-state index >= 15 is 0 Å². The molecule has 0 spiro atoms. The molecule has 3 aliphatic heterocycles. The highest BCUT2D eigenvalue weighted by Gasteiger charge is 2.45. The highest BCUT2D eigenvalue weighted by Crippen LogP contribution is 2.45. The van der Waals surface area contributed by atoms with E-state index in [4.69, 9.17) is 4.42 Å². The molecule has 4 aliphatic rings. The van der Waals surface area contributed by atoms with Gasteiger partial charge in [-0.15, -0.1) is 0 Å². The minimum Gasteiger partial charge on any atom is -0.507 e. The number of phenols is 1. The number of hydrogen-bond donors (Lipinski definition) is 1. The summed E-state index contributed by atoms with van der Waals surface area (Å²) in [5.74, 6) is 1.60. The predicted octanol–water partition coefficient (Wildman–Crippen LogP) is 4.20. The van der Waals surface area contributed by atoms with Gasteiger partial charge in [-0.25, -0.2) is 4.79 Å². The Labute approximate surface area is 183 Å². The molecule has 2 bridgehead atoms. The van der Waals surface area contributed by atoms with Crippen molar-refractivity contribution in [3.05, 3.63) is 51.4 Å². The molecule has 3 saturated heterocycles. The van der Waals surface area contributed by atoms with Crippen molar-refractivity contribution in [1.29, 1.82) is 0 Å². The van der Waals surface area contributed by atoms with Crippen LogP contribution in [0.25, 0.3) is 11.0 Å². The van der Waals surface area contributed by atoms with Crippen LogP contribution in [0.1, 0.15) is 49.7 Å². The van der Waals surface area contributed by atoms with Crippen LogP contribution in [0.5, 0.6) is 5.75 Å². The Kier molecular flexibility index (Phi) is 4.73. The number of rotatable bonds is 2. The quantitative estimate of drug-likeness (QED) is 0.583. The van der Waals surface area contributed by atoms with Gasteiger partial charge in [0.2, 0.25) is 0 Å². The Morgan fingerprint density at radius 1 is 1.19 bits per heavy atom. The van der Waals surface area contributed by atoms with Crippen molar-refractivity contribution in [1.82, 2.24) is 9.80 Å². The van der Waals surface area contributed by atoms with Gasteiger partial charge in [-0.2, -0.15) is 0 Å². The Balaban J connectivity index is 1.37. The summed E-state index contributed by atoms with van der Waals surface area (Å²) in [5.41, 5.74) is 3.48. The van der Waals surface area contributed by atoms with Crippen molar-refractivity contribution < 1.29 is 9.52 Å². The summed E-state index contributed by atoms with van der Waals surface area (Å²) in [4.78, 5) is 17.4. The number of aryl methyl sites for hydroxylation is 1. The first-order valence-corrected chi connectivity index (χ1v) is 12.0. The number of piperidine rings is 3. The second kappa shape index (κ2) is 7.49. The Morgan fingerprint density at radius 3 is 3.00 bits per heavy atom. The molecule has 5 nitrogen and oxygen atoms in total. The largest absolute Gasteiger partial charge is 0.507 e. The van der Waals surface area contributed by atoms with E-state index in [1.54, 1.807) is 11.6 Å². The normalized spacial score (nSPS) is 31.2. The SMILES string of the molecule is Cc1cc(=O)oc2c(CN3CCCC4=C[C@H]5C[C@@H](CN6CCCC[C@H]56)[C@@H]43)c(O)ccc12. The van der Waals surface area contributed by atoms with E-state index in [-0.39, 0.29) is 11.4 Å². The van der Waals surface area contributed by atoms with Crippen LogP contribution in [0.3, 0.4) is 0 Å². The Hall–Kier alpha value is -2.11. The zero-order valence-electron chi connectivity index (χ0n) is 18.3. The molecule has 0 unspecified atom stereocenters. The summed E-state index contributed by atoms with van der Waals surface area (Å²) in [6.07, 6.45) is 10.4. The minimum atomic E-state index is -0.347. The molecule has 164 valence electrons. The molecule has 0 amide bonds. The number of likely N-dealkylation sites (tertiary alicyclic amines) is 1. The first-order chi connectivity index (χ1) is 15.1. The molecule has 31 heavy (non-hydrogen) atoms. The number of aromatic hydroxyl groups is 1. The molecule has 6 rings (SSSR count). The maximum absolute atomic E-state index is 12.1. The van der Waals surface area contributed by atoms with Gasteiger partial charge in [-0.05, 0) is 81.6 Å². The molecule has 4 heterocycles. The Morgan fingerprint density at radius 2 is 2.10 bits per heavy atom. The molecule has 2 aromatic rings. The molecular formula is C26H32N2O3. The van der Waals surface area contributed by atoms with Crippen LogP contribution in [-0.4, -0.2) is 46.6 Å². The average Bonchev–Trinajstić information content (AvgIpc) is 2.76. The molecular weight excluding hydrogens is 388 g/mol. The molecule has 1 aromatic carbocycles. The fourth-order valence-electron chi connectivity index (χ4n) is 7.05. The zero-order valence-corrected chi connectivity index (χ0v) is 18.3. The first kappa shape index (κ1) is 19.6. The van der Waals surface area contributed by atoms with E-state index < -0.39 is 0 Å². The van der Waals surface area contributed by atoms with Crippen LogP contribution < -0.4 is 5.63 Å². The lowest BCUT2D eigenvalue weighted by molar-refractivity contribution is -0.00274. The maximum Gasteiger partial charge on any atom is 0.336 e. The average molecular weight is 421 g/mol. The second-order valence-corrected chi connectivity index (χ2v) is 10.2. The van der Waals surface area contributed by atoms with Crippen molar-refractivity contribution in [3.8, 4) is 5.75 Å². The molecule has 0 saturated carbocycles. The van der Waals surface area contributed by atoms with E-state index in [9.17, 15) is 9.90 Å². The van der Waals surface area contributed by atoms with Crippen molar-refractivity contribution in [2.75, 3.05) is 19.6 Å². The summed E-state index contributed by atoms with van der Waals surface area (Å²) in [6.45, 7) is 6.04. The highest BCUT2D eigenvalue weighted by molar-refractivity contribution is 5.84. The number of nitrogens with zero attached hydrogens (tertiary/aromatic N) is 2. The molecule has 4 atom stereocenters. The third-order valence-corrected chi connectivity index (χ3v) is 8.32. The number of fused-ring (bicyclic) bond motifs is 7. The standard InChI is InChI=1S/C26H32N2O3/c1-16-11-24(30)31-26-20(16)7-8-23(29)21(26)15-28-10-4-5-17-12-18-13-19(25(17)28)14-27-9-3-2-6-22(18)27/h7-8,11-12,18-19,22,25,29H,2-6,9-10,13-15H2,1H3/t18-,19-,22+,25+/m0/s1. The predicted molar refractivity (Wildman–Crippen MR) is 121 cm³/mol. The molecule has 0 radical (unpaired) electrons. The molecule has 5 heteroatoms. The monoisotopic (exact) mass is 420 g/mol. The minimum absolute atomic E-state index is 0.228. The number of phenolic OH excluding ortho intramolecular Hbond substituents is 1. The lowest BCUT2D eigenvalue weighted by atomic mass is 9.68. The summed E-state index contributed by atoms with van der Waals surface area (Å²) in [5, 5.41) is 11.7. The van der Waals surface area contributed by atoms with Crippen LogP contribution in [0.2, 0.25) is 0 Å².